The second-order valence-electron chi connectivity index (χ2n) is 6.16. The number of nitrogens with zero attached hydrogens (tertiary/aromatic N) is 4. The van der Waals surface area contributed by atoms with Gasteiger partial charge in [-0.3, -0.25) is 0 Å². The molecule has 1 N–H and O–H groups in total. The van der Waals surface area contributed by atoms with Gasteiger partial charge in [0.1, 0.15) is 11.8 Å². The van der Waals surface area contributed by atoms with Gasteiger partial charge in [-0.15, -0.1) is 0 Å². The minimum Gasteiger partial charge on any atom is -0.479 e. The van der Waals surface area contributed by atoms with E-state index in [1.54, 1.807) is 18.2 Å². The van der Waals surface area contributed by atoms with E-state index < -0.39 is 17.5 Å². The first-order chi connectivity index (χ1) is 13.9. The molecule has 0 aromatic heterocycles. The Morgan fingerprint density at radius 1 is 1.24 bits per heavy atom. The lowest BCUT2D eigenvalue weighted by molar-refractivity contribution is 0.368. The van der Waals surface area contributed by atoms with Gasteiger partial charge in [0.25, 0.3) is 0 Å². The van der Waals surface area contributed by atoms with Crippen LogP contribution < -0.4 is 10.1 Å². The summed E-state index contributed by atoms with van der Waals surface area (Å²) < 4.78 is 45.6. The number of benzene rings is 2. The van der Waals surface area contributed by atoms with Crippen molar-refractivity contribution in [3.05, 3.63) is 71.2 Å². The highest BCUT2D eigenvalue weighted by atomic mass is 19.2. The van der Waals surface area contributed by atoms with E-state index in [4.69, 9.17) is 10.00 Å². The summed E-state index contributed by atoms with van der Waals surface area (Å²) in [5.74, 6) is -3.38. The summed E-state index contributed by atoms with van der Waals surface area (Å²) in [7, 11) is 0. The highest BCUT2D eigenvalue weighted by molar-refractivity contribution is 5.94. The Balaban J connectivity index is 1.93. The number of halogens is 3. The molecule has 0 aliphatic carbocycles. The second-order valence-corrected chi connectivity index (χ2v) is 6.16. The van der Waals surface area contributed by atoms with Crippen LogP contribution in [0.4, 0.5) is 18.9 Å². The Kier molecular flexibility index (Phi) is 5.83. The van der Waals surface area contributed by atoms with Gasteiger partial charge in [-0.2, -0.15) is 10.4 Å². The summed E-state index contributed by atoms with van der Waals surface area (Å²) in [4.78, 5) is 4.51. The number of guanidine groups is 1. The summed E-state index contributed by atoms with van der Waals surface area (Å²) in [6.45, 7) is 5.44. The van der Waals surface area contributed by atoms with Crippen LogP contribution in [0.25, 0.3) is 0 Å². The molecule has 9 heteroatoms. The summed E-state index contributed by atoms with van der Waals surface area (Å²) in [6, 6.07) is 8.83. The third kappa shape index (κ3) is 4.73. The van der Waals surface area contributed by atoms with Crippen LogP contribution in [0.5, 0.6) is 5.75 Å². The van der Waals surface area contributed by atoms with Crippen LogP contribution in [0.3, 0.4) is 0 Å². The number of aryl methyl sites for hydroxylation is 1. The summed E-state index contributed by atoms with van der Waals surface area (Å²) >= 11 is 0. The van der Waals surface area contributed by atoms with Crippen LogP contribution in [0.15, 0.2) is 52.7 Å². The zero-order valence-electron chi connectivity index (χ0n) is 15.4. The number of hydrogen-bond acceptors (Lipinski definition) is 4. The number of ether oxygens (including phenoxy) is 1. The fraction of sp³-hybridized carbons (Fsp3) is 0.150. The highest BCUT2D eigenvalue weighted by Crippen LogP contribution is 2.26. The van der Waals surface area contributed by atoms with Crippen molar-refractivity contribution in [2.24, 2.45) is 10.1 Å². The molecular weight excluding hydrogens is 383 g/mol. The SMILES string of the molecule is C=C1C=NN(Cc2cc(F)c(F)c(F)c2)C(=Nc2cc(OCC#N)ccc2C)N1. The molecule has 0 bridgehead atoms. The minimum atomic E-state index is -1.53. The number of allylic oxidation sites excluding steroid dienone is 1. The van der Waals surface area contributed by atoms with Gasteiger partial charge >= 0.3 is 0 Å². The summed E-state index contributed by atoms with van der Waals surface area (Å²) in [6.07, 6.45) is 1.43. The quantitative estimate of drug-likeness (QED) is 0.774. The molecule has 2 aromatic rings. The van der Waals surface area contributed by atoms with Crippen LogP contribution in [0.2, 0.25) is 0 Å². The molecule has 0 fully saturated rings. The van der Waals surface area contributed by atoms with Crippen molar-refractivity contribution in [2.45, 2.75) is 13.5 Å². The standard InChI is InChI=1S/C20H16F3N5O/c1-12-3-4-15(29-6-5-24)9-18(12)27-20-26-13(2)10-25-28(20)11-14-7-16(21)19(23)17(22)8-14/h3-4,7-10H,2,6,11H2,1H3,(H,26,27). The molecule has 0 atom stereocenters. The molecule has 2 aromatic carbocycles. The van der Waals surface area contributed by atoms with E-state index in [9.17, 15) is 13.2 Å². The van der Waals surface area contributed by atoms with Crippen molar-refractivity contribution < 1.29 is 17.9 Å². The van der Waals surface area contributed by atoms with Gasteiger partial charge in [0.15, 0.2) is 24.1 Å². The largest absolute Gasteiger partial charge is 0.479 e. The molecular formula is C20H16F3N5O. The molecule has 3 rings (SSSR count). The maximum absolute atomic E-state index is 13.5. The Morgan fingerprint density at radius 2 is 1.97 bits per heavy atom. The third-order valence-corrected chi connectivity index (χ3v) is 3.96. The first-order valence-electron chi connectivity index (χ1n) is 8.47. The smallest absolute Gasteiger partial charge is 0.224 e. The molecule has 29 heavy (non-hydrogen) atoms. The van der Waals surface area contributed by atoms with Crippen molar-refractivity contribution in [1.82, 2.24) is 10.3 Å². The Hall–Kier alpha value is -3.80. The summed E-state index contributed by atoms with van der Waals surface area (Å²) in [5.41, 5.74) is 1.99. The van der Waals surface area contributed by atoms with E-state index in [0.29, 0.717) is 17.1 Å². The van der Waals surface area contributed by atoms with Crippen molar-refractivity contribution in [2.75, 3.05) is 6.61 Å². The minimum absolute atomic E-state index is 0.0621. The van der Waals surface area contributed by atoms with E-state index >= 15 is 0 Å². The first-order valence-corrected chi connectivity index (χ1v) is 8.47. The monoisotopic (exact) mass is 399 g/mol. The molecule has 1 aliphatic rings. The van der Waals surface area contributed by atoms with Gasteiger partial charge in [-0.05, 0) is 36.2 Å². The number of rotatable bonds is 5. The molecule has 1 heterocycles. The number of hydrazone groups is 1. The molecule has 0 radical (unpaired) electrons. The maximum atomic E-state index is 13.5. The van der Waals surface area contributed by atoms with Crippen LogP contribution >= 0.6 is 0 Å². The van der Waals surface area contributed by atoms with E-state index in [0.717, 1.165) is 17.7 Å². The zero-order chi connectivity index (χ0) is 21.0. The van der Waals surface area contributed by atoms with Gasteiger partial charge in [-0.25, -0.2) is 23.2 Å². The van der Waals surface area contributed by atoms with Gasteiger partial charge in [-0.1, -0.05) is 12.6 Å². The molecule has 0 amide bonds. The predicted octanol–water partition coefficient (Wildman–Crippen LogP) is 3.91. The summed E-state index contributed by atoms with van der Waals surface area (Å²) in [5, 5.41) is 17.1. The highest BCUT2D eigenvalue weighted by Gasteiger charge is 2.19. The van der Waals surface area contributed by atoms with Crippen molar-refractivity contribution in [3.63, 3.8) is 0 Å². The van der Waals surface area contributed by atoms with E-state index in [2.05, 4.69) is 22.0 Å². The van der Waals surface area contributed by atoms with Gasteiger partial charge < -0.3 is 10.1 Å². The topological polar surface area (TPSA) is 73.0 Å². The number of nitriles is 1. The molecule has 1 aliphatic heterocycles. The molecule has 6 nitrogen and oxygen atoms in total. The van der Waals surface area contributed by atoms with Crippen LogP contribution in [0, 0.1) is 35.7 Å². The predicted molar refractivity (Wildman–Crippen MR) is 102 cm³/mol. The van der Waals surface area contributed by atoms with Gasteiger partial charge in [0.05, 0.1) is 24.1 Å². The third-order valence-electron chi connectivity index (χ3n) is 3.96. The maximum Gasteiger partial charge on any atom is 0.224 e. The first kappa shape index (κ1) is 19.9. The molecule has 148 valence electrons. The fourth-order valence-corrected chi connectivity index (χ4v) is 2.54. The van der Waals surface area contributed by atoms with Gasteiger partial charge in [0.2, 0.25) is 5.96 Å². The Labute approximate surface area is 165 Å². The zero-order valence-corrected chi connectivity index (χ0v) is 15.4. The van der Waals surface area contributed by atoms with Crippen molar-refractivity contribution in [1.29, 1.82) is 5.26 Å². The Bertz CT molecular complexity index is 1040. The van der Waals surface area contributed by atoms with Crippen LogP contribution in [-0.2, 0) is 6.54 Å². The normalized spacial score (nSPS) is 14.7. The van der Waals surface area contributed by atoms with E-state index in [1.165, 1.54) is 11.2 Å². The number of nitrogens with one attached hydrogen (secondary N) is 1. The van der Waals surface area contributed by atoms with Gasteiger partial charge in [0, 0.05) is 6.07 Å². The number of hydrogen-bond donors (Lipinski definition) is 1. The lowest BCUT2D eigenvalue weighted by Gasteiger charge is -2.26. The fourth-order valence-electron chi connectivity index (χ4n) is 2.54. The lowest BCUT2D eigenvalue weighted by Crippen LogP contribution is -2.41. The second kappa shape index (κ2) is 8.48. The lowest BCUT2D eigenvalue weighted by atomic mass is 10.2. The number of aliphatic imine (C=N–C) groups is 1. The molecule has 0 saturated carbocycles. The van der Waals surface area contributed by atoms with E-state index in [-0.39, 0.29) is 24.7 Å². The van der Waals surface area contributed by atoms with E-state index in [1.807, 2.05) is 13.0 Å². The molecule has 0 saturated heterocycles. The average Bonchev–Trinajstić information content (AvgIpc) is 2.68. The van der Waals surface area contributed by atoms with Crippen LogP contribution in [-0.4, -0.2) is 23.8 Å². The Morgan fingerprint density at radius 3 is 2.66 bits per heavy atom. The van der Waals surface area contributed by atoms with Crippen molar-refractivity contribution in [3.8, 4) is 11.8 Å². The van der Waals surface area contributed by atoms with Crippen molar-refractivity contribution >= 4 is 17.9 Å². The molecule has 0 spiro atoms. The average molecular weight is 399 g/mol. The van der Waals surface area contributed by atoms with Crippen LogP contribution in [0.1, 0.15) is 11.1 Å². The molecule has 0 unspecified atom stereocenters.